The van der Waals surface area contributed by atoms with Gasteiger partial charge in [0.15, 0.2) is 6.19 Å². The van der Waals surface area contributed by atoms with Gasteiger partial charge < -0.3 is 5.11 Å². The molecule has 0 heterocycles. The van der Waals surface area contributed by atoms with Crippen LogP contribution in [0.2, 0.25) is 0 Å². The van der Waals surface area contributed by atoms with E-state index in [1.807, 2.05) is 5.32 Å². The predicted molar refractivity (Wildman–Crippen MR) is 43.8 cm³/mol. The van der Waals surface area contributed by atoms with Gasteiger partial charge in [-0.1, -0.05) is 19.9 Å². The molecule has 0 fully saturated rings. The summed E-state index contributed by atoms with van der Waals surface area (Å²) in [5.41, 5.74) is -0.424. The first-order valence-corrected chi connectivity index (χ1v) is 3.51. The first kappa shape index (κ1) is 10.7. The van der Waals surface area contributed by atoms with Crippen molar-refractivity contribution >= 4 is 5.91 Å². The zero-order valence-corrected chi connectivity index (χ0v) is 7.16. The van der Waals surface area contributed by atoms with Gasteiger partial charge in [0, 0.05) is 11.5 Å². The van der Waals surface area contributed by atoms with E-state index in [1.165, 1.54) is 12.3 Å². The molecule has 0 bridgehead atoms. The molecular weight excluding hydrogens is 156 g/mol. The van der Waals surface area contributed by atoms with Gasteiger partial charge in [0.1, 0.15) is 0 Å². The van der Waals surface area contributed by atoms with E-state index in [2.05, 4.69) is 0 Å². The predicted octanol–water partition coefficient (Wildman–Crippen LogP) is 0.158. The summed E-state index contributed by atoms with van der Waals surface area (Å²) >= 11 is 0. The first-order chi connectivity index (χ1) is 5.52. The number of nitrogens with one attached hydrogen (secondary N) is 1. The van der Waals surface area contributed by atoms with Crippen LogP contribution in [-0.4, -0.2) is 17.6 Å². The van der Waals surface area contributed by atoms with Crippen LogP contribution in [0.1, 0.15) is 13.8 Å². The van der Waals surface area contributed by atoms with Crippen LogP contribution in [0, 0.1) is 16.9 Å². The molecule has 2 N–H and O–H groups in total. The number of carbonyl (C=O) groups is 1. The smallest absolute Gasteiger partial charge is 0.256 e. The highest BCUT2D eigenvalue weighted by atomic mass is 16.3. The van der Waals surface area contributed by atoms with Gasteiger partial charge in [-0.2, -0.15) is 5.26 Å². The van der Waals surface area contributed by atoms with Crippen LogP contribution in [-0.2, 0) is 4.79 Å². The lowest BCUT2D eigenvalue weighted by Gasteiger charge is -2.14. The van der Waals surface area contributed by atoms with Crippen molar-refractivity contribution in [3.05, 3.63) is 12.2 Å². The highest BCUT2D eigenvalue weighted by Crippen LogP contribution is 2.14. The number of nitrogens with zero attached hydrogens (tertiary/aromatic N) is 1. The number of amides is 1. The highest BCUT2D eigenvalue weighted by Gasteiger charge is 2.11. The minimum Gasteiger partial charge on any atom is -0.395 e. The molecule has 0 atom stereocenters. The number of aliphatic hydroxyl groups excluding tert-OH is 1. The Balaban J connectivity index is 4.08. The van der Waals surface area contributed by atoms with E-state index in [1.54, 1.807) is 19.9 Å². The number of rotatable bonds is 3. The van der Waals surface area contributed by atoms with Crippen LogP contribution in [0.3, 0.4) is 0 Å². The SMILES string of the molecule is CC(C)(C=CC(=O)NC#N)CO. The lowest BCUT2D eigenvalue weighted by molar-refractivity contribution is -0.115. The molecule has 0 aliphatic carbocycles. The Bertz CT molecular complexity index is 226. The van der Waals surface area contributed by atoms with Gasteiger partial charge >= 0.3 is 0 Å². The number of aliphatic hydroxyl groups is 1. The van der Waals surface area contributed by atoms with Crippen LogP contribution in [0.15, 0.2) is 12.2 Å². The molecule has 0 aliphatic rings. The molecule has 1 amide bonds. The largest absolute Gasteiger partial charge is 0.395 e. The Morgan fingerprint density at radius 3 is 2.75 bits per heavy atom. The van der Waals surface area contributed by atoms with Crippen molar-refractivity contribution in [3.63, 3.8) is 0 Å². The fourth-order valence-electron chi connectivity index (χ4n) is 0.451. The van der Waals surface area contributed by atoms with Crippen molar-refractivity contribution in [1.82, 2.24) is 5.32 Å². The van der Waals surface area contributed by atoms with E-state index in [4.69, 9.17) is 10.4 Å². The van der Waals surface area contributed by atoms with Crippen LogP contribution in [0.25, 0.3) is 0 Å². The number of nitriles is 1. The summed E-state index contributed by atoms with van der Waals surface area (Å²) in [6, 6.07) is 0. The van der Waals surface area contributed by atoms with Crippen molar-refractivity contribution in [2.75, 3.05) is 6.61 Å². The second kappa shape index (κ2) is 4.52. The average Bonchev–Trinajstić information content (AvgIpc) is 2.02. The maximum absolute atomic E-state index is 10.7. The number of hydrogen-bond acceptors (Lipinski definition) is 3. The number of carbonyl (C=O) groups excluding carboxylic acids is 1. The maximum atomic E-state index is 10.7. The van der Waals surface area contributed by atoms with Crippen LogP contribution < -0.4 is 5.32 Å². The molecule has 0 unspecified atom stereocenters. The van der Waals surface area contributed by atoms with E-state index >= 15 is 0 Å². The second-order valence-electron chi connectivity index (χ2n) is 3.08. The molecule has 0 saturated heterocycles. The summed E-state index contributed by atoms with van der Waals surface area (Å²) in [5.74, 6) is -0.473. The topological polar surface area (TPSA) is 73.1 Å². The van der Waals surface area contributed by atoms with Gasteiger partial charge in [-0.3, -0.25) is 10.1 Å². The van der Waals surface area contributed by atoms with E-state index < -0.39 is 11.3 Å². The monoisotopic (exact) mass is 168 g/mol. The minimum atomic E-state index is -0.473. The molecule has 12 heavy (non-hydrogen) atoms. The highest BCUT2D eigenvalue weighted by molar-refractivity contribution is 5.88. The van der Waals surface area contributed by atoms with Gasteiger partial charge in [0.25, 0.3) is 5.91 Å². The quantitative estimate of drug-likeness (QED) is 0.358. The molecule has 0 rings (SSSR count). The second-order valence-corrected chi connectivity index (χ2v) is 3.08. The normalized spacial score (nSPS) is 11.2. The van der Waals surface area contributed by atoms with Crippen LogP contribution in [0.4, 0.5) is 0 Å². The molecule has 66 valence electrons. The molecule has 0 spiro atoms. The third-order valence-corrected chi connectivity index (χ3v) is 1.27. The van der Waals surface area contributed by atoms with Gasteiger partial charge in [-0.25, -0.2) is 0 Å². The fourth-order valence-corrected chi connectivity index (χ4v) is 0.451. The van der Waals surface area contributed by atoms with Gasteiger partial charge in [0.05, 0.1) is 6.61 Å². The Morgan fingerprint density at radius 1 is 1.75 bits per heavy atom. The Kier molecular flexibility index (Phi) is 4.02. The summed E-state index contributed by atoms with van der Waals surface area (Å²) in [4.78, 5) is 10.7. The zero-order valence-electron chi connectivity index (χ0n) is 7.16. The third-order valence-electron chi connectivity index (χ3n) is 1.27. The van der Waals surface area contributed by atoms with Crippen LogP contribution >= 0.6 is 0 Å². The molecule has 4 heteroatoms. The molecule has 0 aromatic heterocycles. The minimum absolute atomic E-state index is 0.0384. The lowest BCUT2D eigenvalue weighted by atomic mass is 9.94. The van der Waals surface area contributed by atoms with Crippen LogP contribution in [0.5, 0.6) is 0 Å². The van der Waals surface area contributed by atoms with E-state index in [9.17, 15) is 4.79 Å². The number of hydrogen-bond donors (Lipinski definition) is 2. The summed E-state index contributed by atoms with van der Waals surface area (Å²) < 4.78 is 0. The Hall–Kier alpha value is -1.34. The molecule has 0 radical (unpaired) electrons. The zero-order chi connectivity index (χ0) is 9.61. The summed E-state index contributed by atoms with van der Waals surface area (Å²) in [7, 11) is 0. The van der Waals surface area contributed by atoms with Crippen molar-refractivity contribution < 1.29 is 9.90 Å². The average molecular weight is 168 g/mol. The lowest BCUT2D eigenvalue weighted by Crippen LogP contribution is -2.17. The molecule has 0 aliphatic heterocycles. The van der Waals surface area contributed by atoms with E-state index in [0.29, 0.717) is 0 Å². The summed E-state index contributed by atoms with van der Waals surface area (Å²) in [5, 5.41) is 18.8. The van der Waals surface area contributed by atoms with Gasteiger partial charge in [-0.05, 0) is 0 Å². The van der Waals surface area contributed by atoms with Gasteiger partial charge in [-0.15, -0.1) is 0 Å². The Morgan fingerprint density at radius 2 is 2.33 bits per heavy atom. The van der Waals surface area contributed by atoms with Crippen molar-refractivity contribution in [2.24, 2.45) is 5.41 Å². The van der Waals surface area contributed by atoms with Crippen molar-refractivity contribution in [3.8, 4) is 6.19 Å². The molecule has 0 aromatic rings. The standard InChI is InChI=1S/C8H12N2O2/c1-8(2,5-11)4-3-7(12)10-6-9/h3-4,11H,5H2,1-2H3,(H,10,12). The molecular formula is C8H12N2O2. The van der Waals surface area contributed by atoms with Crippen molar-refractivity contribution in [1.29, 1.82) is 5.26 Å². The third kappa shape index (κ3) is 4.47. The summed E-state index contributed by atoms with van der Waals surface area (Å²) in [6.45, 7) is 3.52. The van der Waals surface area contributed by atoms with Gasteiger partial charge in [0.2, 0.25) is 0 Å². The Labute approximate surface area is 71.5 Å². The fraction of sp³-hybridized carbons (Fsp3) is 0.500. The summed E-state index contributed by atoms with van der Waals surface area (Å²) in [6.07, 6.45) is 4.30. The van der Waals surface area contributed by atoms with E-state index in [0.717, 1.165) is 0 Å². The molecule has 4 nitrogen and oxygen atoms in total. The van der Waals surface area contributed by atoms with E-state index in [-0.39, 0.29) is 6.61 Å². The first-order valence-electron chi connectivity index (χ1n) is 3.51. The van der Waals surface area contributed by atoms with Crippen molar-refractivity contribution in [2.45, 2.75) is 13.8 Å². The molecule has 0 aromatic carbocycles. The molecule has 0 saturated carbocycles. The maximum Gasteiger partial charge on any atom is 0.256 e.